The molecule has 3 heteroatoms. The first kappa shape index (κ1) is 13.3. The highest BCUT2D eigenvalue weighted by molar-refractivity contribution is 6.30. The molecule has 1 rings (SSSR count). The Balaban J connectivity index is 2.85. The third-order valence-corrected chi connectivity index (χ3v) is 3.27. The number of nitrogens with one attached hydrogen (secondary N) is 1. The van der Waals surface area contributed by atoms with E-state index in [2.05, 4.69) is 19.2 Å². The Kier molecular flexibility index (Phi) is 4.63. The fraction of sp³-hybridized carbons (Fsp3) is 0.538. The molecule has 1 unspecified atom stereocenters. The number of hydrogen-bond donors (Lipinski definition) is 2. The van der Waals surface area contributed by atoms with Crippen LogP contribution in [0.3, 0.4) is 0 Å². The minimum absolute atomic E-state index is 0.0278. The maximum Gasteiger partial charge on any atom is 0.120 e. The summed E-state index contributed by atoms with van der Waals surface area (Å²) in [7, 11) is 1.96. The first-order chi connectivity index (χ1) is 7.50. The molecule has 0 saturated heterocycles. The van der Waals surface area contributed by atoms with Crippen LogP contribution in [0.2, 0.25) is 5.02 Å². The van der Waals surface area contributed by atoms with Crippen molar-refractivity contribution < 1.29 is 5.11 Å². The van der Waals surface area contributed by atoms with Crippen molar-refractivity contribution in [2.75, 3.05) is 7.05 Å². The minimum Gasteiger partial charge on any atom is -0.508 e. The molecule has 0 heterocycles. The molecule has 1 aromatic carbocycles. The Bertz CT molecular complexity index is 354. The Morgan fingerprint density at radius 1 is 1.44 bits per heavy atom. The lowest BCUT2D eigenvalue weighted by molar-refractivity contribution is 0.344. The molecular formula is C13H20ClNO. The van der Waals surface area contributed by atoms with Gasteiger partial charge in [-0.3, -0.25) is 0 Å². The van der Waals surface area contributed by atoms with Crippen LogP contribution < -0.4 is 5.32 Å². The van der Waals surface area contributed by atoms with E-state index in [9.17, 15) is 5.11 Å². The van der Waals surface area contributed by atoms with Crippen molar-refractivity contribution in [3.63, 3.8) is 0 Å². The van der Waals surface area contributed by atoms with Crippen LogP contribution >= 0.6 is 11.6 Å². The van der Waals surface area contributed by atoms with E-state index in [4.69, 9.17) is 11.6 Å². The zero-order valence-electron chi connectivity index (χ0n) is 10.2. The molecular weight excluding hydrogens is 222 g/mol. The predicted molar refractivity (Wildman–Crippen MR) is 69.2 cm³/mol. The molecule has 90 valence electrons. The molecule has 0 aliphatic carbocycles. The number of hydrogen-bond acceptors (Lipinski definition) is 2. The average molecular weight is 242 g/mol. The van der Waals surface area contributed by atoms with Crippen LogP contribution in [-0.2, 0) is 6.42 Å². The molecule has 0 radical (unpaired) electrons. The number of likely N-dealkylation sites (N-methyl/N-ethyl adjacent to an activating group) is 1. The van der Waals surface area contributed by atoms with Gasteiger partial charge in [0.2, 0.25) is 0 Å². The first-order valence-electron chi connectivity index (χ1n) is 5.67. The lowest BCUT2D eigenvalue weighted by Crippen LogP contribution is -2.41. The standard InChI is InChI=1S/C13H20ClNO/c1-4-7-13(2,15-3)9-10-5-6-11(14)8-12(10)16/h5-6,8,15-16H,4,7,9H2,1-3H3. The second-order valence-electron chi connectivity index (χ2n) is 4.51. The zero-order valence-corrected chi connectivity index (χ0v) is 10.9. The van der Waals surface area contributed by atoms with E-state index in [-0.39, 0.29) is 11.3 Å². The van der Waals surface area contributed by atoms with E-state index in [0.29, 0.717) is 5.02 Å². The summed E-state index contributed by atoms with van der Waals surface area (Å²) in [5.41, 5.74) is 0.967. The summed E-state index contributed by atoms with van der Waals surface area (Å²) in [6.07, 6.45) is 3.00. The maximum absolute atomic E-state index is 9.81. The van der Waals surface area contributed by atoms with Crippen LogP contribution in [-0.4, -0.2) is 17.7 Å². The average Bonchev–Trinajstić information content (AvgIpc) is 2.23. The normalized spacial score (nSPS) is 14.8. The Hall–Kier alpha value is -0.730. The van der Waals surface area contributed by atoms with Gasteiger partial charge in [0.15, 0.2) is 0 Å². The number of rotatable bonds is 5. The second-order valence-corrected chi connectivity index (χ2v) is 4.95. The molecule has 0 amide bonds. The van der Waals surface area contributed by atoms with Gasteiger partial charge in [-0.05, 0) is 44.5 Å². The number of benzene rings is 1. The number of phenols is 1. The lowest BCUT2D eigenvalue weighted by Gasteiger charge is -2.29. The molecule has 2 N–H and O–H groups in total. The van der Waals surface area contributed by atoms with Gasteiger partial charge in [0.1, 0.15) is 5.75 Å². The topological polar surface area (TPSA) is 32.3 Å². The summed E-state index contributed by atoms with van der Waals surface area (Å²) in [6, 6.07) is 5.31. The summed E-state index contributed by atoms with van der Waals surface area (Å²) >= 11 is 5.81. The van der Waals surface area contributed by atoms with Gasteiger partial charge in [-0.25, -0.2) is 0 Å². The molecule has 0 bridgehead atoms. The molecule has 0 spiro atoms. The van der Waals surface area contributed by atoms with Crippen LogP contribution in [0.5, 0.6) is 5.75 Å². The molecule has 1 aromatic rings. The van der Waals surface area contributed by atoms with Crippen molar-refractivity contribution in [1.29, 1.82) is 0 Å². The molecule has 2 nitrogen and oxygen atoms in total. The lowest BCUT2D eigenvalue weighted by atomic mass is 9.88. The van der Waals surface area contributed by atoms with Crippen molar-refractivity contribution >= 4 is 11.6 Å². The number of phenolic OH excluding ortho intramolecular Hbond substituents is 1. The fourth-order valence-electron chi connectivity index (χ4n) is 1.96. The number of aromatic hydroxyl groups is 1. The summed E-state index contributed by atoms with van der Waals surface area (Å²) in [5.74, 6) is 0.282. The fourth-order valence-corrected chi connectivity index (χ4v) is 2.13. The van der Waals surface area contributed by atoms with Gasteiger partial charge < -0.3 is 10.4 Å². The molecule has 0 saturated carbocycles. The van der Waals surface area contributed by atoms with Gasteiger partial charge in [0.25, 0.3) is 0 Å². The molecule has 0 aliphatic rings. The van der Waals surface area contributed by atoms with Crippen molar-refractivity contribution in [1.82, 2.24) is 5.32 Å². The van der Waals surface area contributed by atoms with Crippen LogP contribution in [0.25, 0.3) is 0 Å². The van der Waals surface area contributed by atoms with Crippen molar-refractivity contribution in [2.45, 2.75) is 38.6 Å². The van der Waals surface area contributed by atoms with Gasteiger partial charge in [-0.15, -0.1) is 0 Å². The van der Waals surface area contributed by atoms with Gasteiger partial charge in [-0.1, -0.05) is 31.0 Å². The van der Waals surface area contributed by atoms with Crippen molar-refractivity contribution in [3.05, 3.63) is 28.8 Å². The Labute approximate surface area is 103 Å². The highest BCUT2D eigenvalue weighted by atomic mass is 35.5. The van der Waals surface area contributed by atoms with E-state index in [1.807, 2.05) is 19.2 Å². The third-order valence-electron chi connectivity index (χ3n) is 3.03. The highest BCUT2D eigenvalue weighted by Gasteiger charge is 2.22. The van der Waals surface area contributed by atoms with Gasteiger partial charge >= 0.3 is 0 Å². The van der Waals surface area contributed by atoms with Gasteiger partial charge in [0, 0.05) is 10.6 Å². The molecule has 0 fully saturated rings. The minimum atomic E-state index is 0.0278. The van der Waals surface area contributed by atoms with Crippen LogP contribution in [0, 0.1) is 0 Å². The largest absolute Gasteiger partial charge is 0.508 e. The zero-order chi connectivity index (χ0) is 12.2. The van der Waals surface area contributed by atoms with Crippen LogP contribution in [0.15, 0.2) is 18.2 Å². The van der Waals surface area contributed by atoms with Crippen molar-refractivity contribution in [2.24, 2.45) is 0 Å². The monoisotopic (exact) mass is 241 g/mol. The van der Waals surface area contributed by atoms with E-state index in [0.717, 1.165) is 24.8 Å². The van der Waals surface area contributed by atoms with E-state index < -0.39 is 0 Å². The van der Waals surface area contributed by atoms with Crippen molar-refractivity contribution in [3.8, 4) is 5.75 Å². The van der Waals surface area contributed by atoms with E-state index >= 15 is 0 Å². The van der Waals surface area contributed by atoms with Crippen LogP contribution in [0.1, 0.15) is 32.3 Å². The van der Waals surface area contributed by atoms with Gasteiger partial charge in [-0.2, -0.15) is 0 Å². The third kappa shape index (κ3) is 3.39. The molecule has 0 aliphatic heterocycles. The van der Waals surface area contributed by atoms with E-state index in [1.165, 1.54) is 0 Å². The van der Waals surface area contributed by atoms with Crippen LogP contribution in [0.4, 0.5) is 0 Å². The predicted octanol–water partition coefficient (Wildman–Crippen LogP) is 3.37. The number of halogens is 1. The Morgan fingerprint density at radius 3 is 2.62 bits per heavy atom. The summed E-state index contributed by atoms with van der Waals surface area (Å²) < 4.78 is 0. The SMILES string of the molecule is CCCC(C)(Cc1ccc(Cl)cc1O)NC. The van der Waals surface area contributed by atoms with E-state index in [1.54, 1.807) is 6.07 Å². The summed E-state index contributed by atoms with van der Waals surface area (Å²) in [6.45, 7) is 4.34. The smallest absolute Gasteiger partial charge is 0.120 e. The second kappa shape index (κ2) is 5.55. The summed E-state index contributed by atoms with van der Waals surface area (Å²) in [4.78, 5) is 0. The maximum atomic E-state index is 9.81. The highest BCUT2D eigenvalue weighted by Crippen LogP contribution is 2.27. The molecule has 0 aromatic heterocycles. The molecule has 16 heavy (non-hydrogen) atoms. The molecule has 1 atom stereocenters. The summed E-state index contributed by atoms with van der Waals surface area (Å²) in [5, 5.41) is 13.7. The quantitative estimate of drug-likeness (QED) is 0.829. The first-order valence-corrected chi connectivity index (χ1v) is 6.05. The Morgan fingerprint density at radius 2 is 2.12 bits per heavy atom. The van der Waals surface area contributed by atoms with Gasteiger partial charge in [0.05, 0.1) is 0 Å².